The molecule has 2 aliphatic rings. The minimum atomic E-state index is -0.514. The molecule has 0 spiro atoms. The molecule has 7 heteroatoms. The smallest absolute Gasteiger partial charge is 0.408 e. The van der Waals surface area contributed by atoms with Crippen molar-refractivity contribution >= 4 is 30.5 Å². The minimum Gasteiger partial charge on any atom is -0.408 e. The Bertz CT molecular complexity index is 1080. The van der Waals surface area contributed by atoms with Crippen LogP contribution in [0.4, 0.5) is 0 Å². The first-order valence-electron chi connectivity index (χ1n) is 10.4. The number of hydrogen-bond acceptors (Lipinski definition) is 4. The van der Waals surface area contributed by atoms with E-state index >= 15 is 0 Å². The van der Waals surface area contributed by atoms with Gasteiger partial charge in [0, 0.05) is 6.54 Å². The van der Waals surface area contributed by atoms with Gasteiger partial charge in [-0.1, -0.05) is 36.4 Å². The van der Waals surface area contributed by atoms with Crippen LogP contribution in [0.15, 0.2) is 57.7 Å². The zero-order chi connectivity index (χ0) is 19.8. The fraction of sp³-hybridized carbons (Fsp3) is 0.391. The number of benzene rings is 2. The monoisotopic (exact) mass is 425 g/mol. The van der Waals surface area contributed by atoms with Crippen molar-refractivity contribution in [2.75, 3.05) is 19.6 Å². The molecule has 6 nitrogen and oxygen atoms in total. The van der Waals surface area contributed by atoms with Crippen LogP contribution in [0.25, 0.3) is 11.1 Å². The molecule has 2 aromatic carbocycles. The molecule has 1 aliphatic heterocycles. The van der Waals surface area contributed by atoms with E-state index in [1.807, 2.05) is 30.3 Å². The van der Waals surface area contributed by atoms with Gasteiger partial charge in [-0.05, 0) is 62.0 Å². The molecule has 2 fully saturated rings. The summed E-state index contributed by atoms with van der Waals surface area (Å²) in [6.45, 7) is 3.02. The zero-order valence-corrected chi connectivity index (χ0v) is 17.8. The Balaban J connectivity index is 0.00000218. The van der Waals surface area contributed by atoms with Gasteiger partial charge in [0.25, 0.3) is 0 Å². The van der Waals surface area contributed by atoms with E-state index in [-0.39, 0.29) is 25.4 Å². The highest BCUT2D eigenvalue weighted by Crippen LogP contribution is 2.49. The molecule has 1 amide bonds. The maximum absolute atomic E-state index is 13.4. The molecular weight excluding hydrogens is 398 g/mol. The second-order valence-corrected chi connectivity index (χ2v) is 8.25. The summed E-state index contributed by atoms with van der Waals surface area (Å²) in [5.74, 6) is -0.406. The third-order valence-corrected chi connectivity index (χ3v) is 6.30. The van der Waals surface area contributed by atoms with E-state index in [9.17, 15) is 9.59 Å². The fourth-order valence-electron chi connectivity index (χ4n) is 4.46. The number of carbonyl (C=O) groups excluding carboxylic acids is 1. The van der Waals surface area contributed by atoms with Crippen molar-refractivity contribution < 1.29 is 9.21 Å². The van der Waals surface area contributed by atoms with Crippen molar-refractivity contribution in [2.45, 2.75) is 37.1 Å². The summed E-state index contributed by atoms with van der Waals surface area (Å²) in [6, 6.07) is 15.7. The number of H-pyrrole nitrogens is 1. The fourth-order valence-corrected chi connectivity index (χ4v) is 4.46. The number of aromatic amines is 1. The number of fused-ring (bicyclic) bond motifs is 1. The van der Waals surface area contributed by atoms with Crippen LogP contribution in [-0.4, -0.2) is 35.4 Å². The van der Waals surface area contributed by atoms with Gasteiger partial charge in [-0.2, -0.15) is 13.5 Å². The third kappa shape index (κ3) is 3.91. The molecule has 1 aliphatic carbocycles. The minimum absolute atomic E-state index is 0. The quantitative estimate of drug-likeness (QED) is 0.636. The molecule has 1 aromatic heterocycles. The first kappa shape index (κ1) is 20.8. The van der Waals surface area contributed by atoms with Crippen LogP contribution in [0.2, 0.25) is 0 Å². The van der Waals surface area contributed by atoms with Crippen molar-refractivity contribution in [3.05, 3.63) is 70.2 Å². The Labute approximate surface area is 182 Å². The SMILES string of the molecule is O=C(N[C@H](CN1CCCC1)c1ccccc1)C1(c2ccc3oc(=O)[nH]c3c2)CC1.S. The highest BCUT2D eigenvalue weighted by molar-refractivity contribution is 7.59. The molecule has 158 valence electrons. The van der Waals surface area contributed by atoms with E-state index in [1.165, 1.54) is 12.8 Å². The number of hydrogen-bond donors (Lipinski definition) is 2. The predicted molar refractivity (Wildman–Crippen MR) is 121 cm³/mol. The summed E-state index contributed by atoms with van der Waals surface area (Å²) in [5, 5.41) is 3.34. The van der Waals surface area contributed by atoms with E-state index in [0.29, 0.717) is 11.1 Å². The first-order valence-corrected chi connectivity index (χ1v) is 10.4. The normalized spacial score (nSPS) is 18.7. The number of rotatable bonds is 6. The zero-order valence-electron chi connectivity index (χ0n) is 16.8. The van der Waals surface area contributed by atoms with Crippen LogP contribution in [0.3, 0.4) is 0 Å². The van der Waals surface area contributed by atoms with Crippen LogP contribution in [0, 0.1) is 0 Å². The molecule has 1 saturated heterocycles. The van der Waals surface area contributed by atoms with Crippen molar-refractivity contribution in [3.63, 3.8) is 0 Å². The molecule has 0 radical (unpaired) electrons. The van der Waals surface area contributed by atoms with Gasteiger partial charge in [0.05, 0.1) is 17.0 Å². The number of oxazole rings is 1. The Kier molecular flexibility index (Phi) is 5.75. The molecular formula is C23H27N3O3S. The van der Waals surface area contributed by atoms with E-state index < -0.39 is 11.2 Å². The highest BCUT2D eigenvalue weighted by Gasteiger charge is 2.51. The van der Waals surface area contributed by atoms with Crippen molar-refractivity contribution in [3.8, 4) is 0 Å². The molecule has 3 aromatic rings. The Morgan fingerprint density at radius 1 is 1.13 bits per heavy atom. The van der Waals surface area contributed by atoms with Gasteiger partial charge in [-0.15, -0.1) is 0 Å². The molecule has 1 atom stereocenters. The molecule has 5 rings (SSSR count). The van der Waals surface area contributed by atoms with Crippen LogP contribution in [0.5, 0.6) is 0 Å². The van der Waals surface area contributed by atoms with Gasteiger partial charge in [-0.3, -0.25) is 9.78 Å². The number of nitrogens with one attached hydrogen (secondary N) is 2. The summed E-state index contributed by atoms with van der Waals surface area (Å²) in [4.78, 5) is 30.0. The number of amides is 1. The Morgan fingerprint density at radius 2 is 1.87 bits per heavy atom. The Morgan fingerprint density at radius 3 is 2.57 bits per heavy atom. The maximum Gasteiger partial charge on any atom is 0.417 e. The number of aromatic nitrogens is 1. The standard InChI is InChI=1S/C23H25N3O3.H2S/c27-21(23(10-11-23)17-8-9-20-18(14-17)25-22(28)29-20)24-19(15-26-12-4-5-13-26)16-6-2-1-3-7-16;/h1-3,6-9,14,19H,4-5,10-13,15H2,(H,24,27)(H,25,28);1H2/t19-;/m1./s1. The largest absolute Gasteiger partial charge is 0.417 e. The van der Waals surface area contributed by atoms with Gasteiger partial charge >= 0.3 is 5.76 Å². The van der Waals surface area contributed by atoms with Crippen LogP contribution in [-0.2, 0) is 10.2 Å². The lowest BCUT2D eigenvalue weighted by Gasteiger charge is -2.27. The Hall–Kier alpha value is -2.51. The van der Waals surface area contributed by atoms with Crippen molar-refractivity contribution in [1.82, 2.24) is 15.2 Å². The lowest BCUT2D eigenvalue weighted by molar-refractivity contribution is -0.124. The molecule has 0 bridgehead atoms. The topological polar surface area (TPSA) is 78.3 Å². The van der Waals surface area contributed by atoms with E-state index in [0.717, 1.165) is 43.6 Å². The van der Waals surface area contributed by atoms with E-state index in [1.54, 1.807) is 6.07 Å². The average molecular weight is 426 g/mol. The lowest BCUT2D eigenvalue weighted by atomic mass is 9.93. The van der Waals surface area contributed by atoms with Gasteiger partial charge in [0.15, 0.2) is 5.58 Å². The number of nitrogens with zero attached hydrogens (tertiary/aromatic N) is 1. The lowest BCUT2D eigenvalue weighted by Crippen LogP contribution is -2.41. The summed E-state index contributed by atoms with van der Waals surface area (Å²) in [6.07, 6.45) is 4.08. The molecule has 0 unspecified atom stereocenters. The first-order chi connectivity index (χ1) is 14.1. The summed E-state index contributed by atoms with van der Waals surface area (Å²) >= 11 is 0. The molecule has 2 heterocycles. The molecule has 30 heavy (non-hydrogen) atoms. The van der Waals surface area contributed by atoms with Gasteiger partial charge in [0.1, 0.15) is 0 Å². The number of likely N-dealkylation sites (tertiary alicyclic amines) is 1. The summed E-state index contributed by atoms with van der Waals surface area (Å²) in [7, 11) is 0. The summed E-state index contributed by atoms with van der Waals surface area (Å²) < 4.78 is 5.10. The van der Waals surface area contributed by atoms with Gasteiger partial charge in [0.2, 0.25) is 5.91 Å². The van der Waals surface area contributed by atoms with Gasteiger partial charge < -0.3 is 14.6 Å². The van der Waals surface area contributed by atoms with Crippen LogP contribution in [0.1, 0.15) is 42.9 Å². The van der Waals surface area contributed by atoms with Crippen LogP contribution >= 0.6 is 13.5 Å². The third-order valence-electron chi connectivity index (χ3n) is 6.30. The molecule has 2 N–H and O–H groups in total. The van der Waals surface area contributed by atoms with Crippen molar-refractivity contribution in [1.29, 1.82) is 0 Å². The van der Waals surface area contributed by atoms with E-state index in [2.05, 4.69) is 27.3 Å². The predicted octanol–water partition coefficient (Wildman–Crippen LogP) is 3.22. The highest BCUT2D eigenvalue weighted by atomic mass is 32.1. The average Bonchev–Trinajstić information content (AvgIpc) is 3.22. The second-order valence-electron chi connectivity index (χ2n) is 8.25. The second kappa shape index (κ2) is 8.32. The van der Waals surface area contributed by atoms with Crippen LogP contribution < -0.4 is 11.1 Å². The maximum atomic E-state index is 13.4. The summed E-state index contributed by atoms with van der Waals surface area (Å²) in [5.41, 5.74) is 2.72. The number of carbonyl (C=O) groups is 1. The molecule has 1 saturated carbocycles. The van der Waals surface area contributed by atoms with Crippen molar-refractivity contribution in [2.24, 2.45) is 0 Å². The van der Waals surface area contributed by atoms with Gasteiger partial charge in [-0.25, -0.2) is 4.79 Å². The van der Waals surface area contributed by atoms with E-state index in [4.69, 9.17) is 4.42 Å².